The number of aliphatic carboxylic acids is 1. The van der Waals surface area contributed by atoms with Gasteiger partial charge in [-0.05, 0) is 12.8 Å². The molecular weight excluding hydrogens is 130 g/mol. The Morgan fingerprint density at radius 2 is 2.00 bits per heavy atom. The molecule has 58 valence electrons. The Morgan fingerprint density at radius 1 is 1.40 bits per heavy atom. The summed E-state index contributed by atoms with van der Waals surface area (Å²) >= 11 is 0. The highest BCUT2D eigenvalue weighted by Gasteiger charge is 2.27. The summed E-state index contributed by atoms with van der Waals surface area (Å²) in [6.07, 6.45) is 3.74. The summed E-state index contributed by atoms with van der Waals surface area (Å²) in [5.74, 6) is -1.01. The fourth-order valence-corrected chi connectivity index (χ4v) is 1.47. The largest absolute Gasteiger partial charge is 0.481 e. The van der Waals surface area contributed by atoms with Crippen molar-refractivity contribution in [2.75, 3.05) is 0 Å². The van der Waals surface area contributed by atoms with Crippen molar-refractivity contribution >= 4 is 5.97 Å². The molecule has 1 fully saturated rings. The van der Waals surface area contributed by atoms with Crippen LogP contribution in [0.5, 0.6) is 0 Å². The van der Waals surface area contributed by atoms with Crippen LogP contribution in [0.4, 0.5) is 0 Å². The van der Waals surface area contributed by atoms with Gasteiger partial charge in [-0.3, -0.25) is 4.79 Å². The Kier molecular flexibility index (Phi) is 2.27. The summed E-state index contributed by atoms with van der Waals surface area (Å²) in [7, 11) is 0. The van der Waals surface area contributed by atoms with Crippen molar-refractivity contribution in [2.24, 2.45) is 11.7 Å². The Morgan fingerprint density at radius 3 is 2.40 bits per heavy atom. The lowest BCUT2D eigenvalue weighted by molar-refractivity contribution is -0.143. The average Bonchev–Trinajstić information content (AvgIpc) is 1.88. The maximum absolute atomic E-state index is 10.5. The van der Waals surface area contributed by atoms with E-state index in [4.69, 9.17) is 10.8 Å². The van der Waals surface area contributed by atoms with Crippen molar-refractivity contribution in [1.29, 1.82) is 0 Å². The summed E-state index contributed by atoms with van der Waals surface area (Å²) < 4.78 is 0. The van der Waals surface area contributed by atoms with E-state index in [0.29, 0.717) is 0 Å². The van der Waals surface area contributed by atoms with Gasteiger partial charge in [0, 0.05) is 6.04 Å². The van der Waals surface area contributed by atoms with Crippen LogP contribution < -0.4 is 5.73 Å². The zero-order valence-electron chi connectivity index (χ0n) is 5.92. The van der Waals surface area contributed by atoms with Crippen molar-refractivity contribution < 1.29 is 9.90 Å². The van der Waals surface area contributed by atoms with E-state index in [2.05, 4.69) is 0 Å². The molecule has 2 atom stereocenters. The van der Waals surface area contributed by atoms with Crippen molar-refractivity contribution in [2.45, 2.75) is 31.7 Å². The lowest BCUT2D eigenvalue weighted by Crippen LogP contribution is -2.37. The molecule has 0 heterocycles. The first-order valence-electron chi connectivity index (χ1n) is 3.70. The molecule has 0 aliphatic heterocycles. The van der Waals surface area contributed by atoms with Gasteiger partial charge in [-0.15, -0.1) is 0 Å². The summed E-state index contributed by atoms with van der Waals surface area (Å²) in [4.78, 5) is 10.5. The van der Waals surface area contributed by atoms with Gasteiger partial charge in [0.2, 0.25) is 0 Å². The van der Waals surface area contributed by atoms with Crippen LogP contribution in [0, 0.1) is 5.92 Å². The molecule has 0 aromatic rings. The molecule has 10 heavy (non-hydrogen) atoms. The first kappa shape index (κ1) is 7.54. The second-order valence-electron chi connectivity index (χ2n) is 2.89. The van der Waals surface area contributed by atoms with E-state index < -0.39 is 5.97 Å². The van der Waals surface area contributed by atoms with Gasteiger partial charge >= 0.3 is 5.97 Å². The van der Waals surface area contributed by atoms with E-state index in [0.717, 1.165) is 25.7 Å². The van der Waals surface area contributed by atoms with Crippen LogP contribution in [0.1, 0.15) is 25.7 Å². The third kappa shape index (κ3) is 1.48. The fourth-order valence-electron chi connectivity index (χ4n) is 1.47. The molecule has 0 bridgehead atoms. The number of hydrogen-bond acceptors (Lipinski definition) is 2. The number of hydrogen-bond donors (Lipinski definition) is 2. The smallest absolute Gasteiger partial charge is 0.308 e. The average molecular weight is 143 g/mol. The quantitative estimate of drug-likeness (QED) is 0.564. The SMILES string of the molecule is NC1CCCC[C@@H]1C(=O)O. The standard InChI is InChI=1S/C7H13NO2/c8-6-4-2-1-3-5(6)7(9)10/h5-6H,1-4,8H2,(H,9,10)/t5-,6?/m0/s1. The van der Waals surface area contributed by atoms with Crippen LogP contribution in [0.3, 0.4) is 0 Å². The highest BCUT2D eigenvalue weighted by Crippen LogP contribution is 2.22. The molecule has 1 rings (SSSR count). The van der Waals surface area contributed by atoms with E-state index in [-0.39, 0.29) is 12.0 Å². The Hall–Kier alpha value is -0.570. The number of carbonyl (C=O) groups is 1. The second-order valence-corrected chi connectivity index (χ2v) is 2.89. The van der Waals surface area contributed by atoms with Crippen molar-refractivity contribution in [3.05, 3.63) is 0 Å². The van der Waals surface area contributed by atoms with E-state index in [1.165, 1.54) is 0 Å². The summed E-state index contributed by atoms with van der Waals surface area (Å²) in [5.41, 5.74) is 5.60. The lowest BCUT2D eigenvalue weighted by Gasteiger charge is -2.24. The molecule has 1 unspecified atom stereocenters. The summed E-state index contributed by atoms with van der Waals surface area (Å²) in [6.45, 7) is 0. The Bertz CT molecular complexity index is 136. The van der Waals surface area contributed by atoms with Gasteiger partial charge in [0.15, 0.2) is 0 Å². The summed E-state index contributed by atoms with van der Waals surface area (Å²) in [5, 5.41) is 8.63. The van der Waals surface area contributed by atoms with Gasteiger partial charge in [-0.1, -0.05) is 12.8 Å². The molecule has 0 saturated heterocycles. The molecule has 0 amide bonds. The van der Waals surface area contributed by atoms with Crippen LogP contribution in [-0.2, 0) is 4.79 Å². The summed E-state index contributed by atoms with van der Waals surface area (Å²) in [6, 6.07) is -0.105. The van der Waals surface area contributed by atoms with Gasteiger partial charge in [0.25, 0.3) is 0 Å². The molecule has 1 aliphatic rings. The molecular formula is C7H13NO2. The molecule has 0 aromatic carbocycles. The minimum absolute atomic E-state index is 0.105. The van der Waals surface area contributed by atoms with Crippen LogP contribution in [0.15, 0.2) is 0 Å². The van der Waals surface area contributed by atoms with Crippen molar-refractivity contribution in [3.8, 4) is 0 Å². The molecule has 1 aliphatic carbocycles. The monoisotopic (exact) mass is 143 g/mol. The van der Waals surface area contributed by atoms with Crippen LogP contribution in [-0.4, -0.2) is 17.1 Å². The molecule has 0 spiro atoms. The first-order valence-corrected chi connectivity index (χ1v) is 3.70. The first-order chi connectivity index (χ1) is 4.72. The van der Waals surface area contributed by atoms with E-state index in [1.807, 2.05) is 0 Å². The minimum Gasteiger partial charge on any atom is -0.481 e. The molecule has 1 saturated carbocycles. The van der Waals surface area contributed by atoms with Crippen LogP contribution in [0.25, 0.3) is 0 Å². The highest BCUT2D eigenvalue weighted by molar-refractivity contribution is 5.70. The Balaban J connectivity index is 2.47. The van der Waals surface area contributed by atoms with Gasteiger partial charge in [-0.2, -0.15) is 0 Å². The molecule has 0 radical (unpaired) electrons. The van der Waals surface area contributed by atoms with Crippen molar-refractivity contribution in [1.82, 2.24) is 0 Å². The van der Waals surface area contributed by atoms with E-state index in [9.17, 15) is 4.79 Å². The number of nitrogens with two attached hydrogens (primary N) is 1. The molecule has 3 N–H and O–H groups in total. The van der Waals surface area contributed by atoms with Crippen LogP contribution in [0.2, 0.25) is 0 Å². The Labute approximate surface area is 60.2 Å². The molecule has 3 heteroatoms. The van der Waals surface area contributed by atoms with Gasteiger partial charge < -0.3 is 10.8 Å². The fraction of sp³-hybridized carbons (Fsp3) is 0.857. The zero-order chi connectivity index (χ0) is 7.56. The maximum Gasteiger partial charge on any atom is 0.308 e. The third-order valence-corrected chi connectivity index (χ3v) is 2.14. The maximum atomic E-state index is 10.5. The topological polar surface area (TPSA) is 63.3 Å². The van der Waals surface area contributed by atoms with E-state index >= 15 is 0 Å². The predicted molar refractivity (Wildman–Crippen MR) is 37.6 cm³/mol. The second kappa shape index (κ2) is 3.01. The highest BCUT2D eigenvalue weighted by atomic mass is 16.4. The minimum atomic E-state index is -0.729. The van der Waals surface area contributed by atoms with Gasteiger partial charge in [-0.25, -0.2) is 0 Å². The predicted octanol–water partition coefficient (Wildman–Crippen LogP) is 0.588. The lowest BCUT2D eigenvalue weighted by atomic mass is 9.85. The van der Waals surface area contributed by atoms with E-state index in [1.54, 1.807) is 0 Å². The normalized spacial score (nSPS) is 33.7. The third-order valence-electron chi connectivity index (χ3n) is 2.14. The number of carboxylic acid groups (broad SMARTS) is 1. The van der Waals surface area contributed by atoms with Gasteiger partial charge in [0.05, 0.1) is 5.92 Å². The number of carboxylic acids is 1. The van der Waals surface area contributed by atoms with Crippen molar-refractivity contribution in [3.63, 3.8) is 0 Å². The zero-order valence-corrected chi connectivity index (χ0v) is 5.92. The molecule has 0 aromatic heterocycles. The van der Waals surface area contributed by atoms with Crippen LogP contribution >= 0.6 is 0 Å². The van der Waals surface area contributed by atoms with Gasteiger partial charge in [0.1, 0.15) is 0 Å². The number of rotatable bonds is 1. The molecule has 3 nitrogen and oxygen atoms in total.